The molecule has 10 heavy (non-hydrogen) atoms. The molecule has 0 aliphatic carbocycles. The molecule has 0 rings (SSSR count). The summed E-state index contributed by atoms with van der Waals surface area (Å²) in [4.78, 5) is 9.78. The van der Waals surface area contributed by atoms with Crippen LogP contribution in [0.4, 0.5) is 0 Å². The van der Waals surface area contributed by atoms with Crippen molar-refractivity contribution in [3.05, 3.63) is 34.0 Å². The number of hydrogen-bond donors (Lipinski definition) is 0. The Morgan fingerprint density at radius 2 is 2.30 bits per heavy atom. The van der Waals surface area contributed by atoms with Gasteiger partial charge in [-0.05, 0) is 6.92 Å². The second-order valence-corrected chi connectivity index (χ2v) is 1.79. The largest absolute Gasteiger partial charge is 0.259 e. The average Bonchev–Trinajstić information content (AvgIpc) is 1.89. The summed E-state index contributed by atoms with van der Waals surface area (Å²) >= 11 is 0. The van der Waals surface area contributed by atoms with Crippen molar-refractivity contribution in [3.63, 3.8) is 0 Å². The maximum atomic E-state index is 10.1. The van der Waals surface area contributed by atoms with Gasteiger partial charge in [0.2, 0.25) is 5.70 Å². The second-order valence-electron chi connectivity index (χ2n) is 1.79. The Labute approximate surface area is 60.2 Å². The molecule has 0 aromatic heterocycles. The van der Waals surface area contributed by atoms with E-state index in [0.29, 0.717) is 6.42 Å². The first-order valence-electron chi connectivity index (χ1n) is 3.18. The van der Waals surface area contributed by atoms with E-state index in [1.165, 1.54) is 6.08 Å². The van der Waals surface area contributed by atoms with Gasteiger partial charge in [-0.1, -0.05) is 19.1 Å². The van der Waals surface area contributed by atoms with Crippen molar-refractivity contribution in [2.24, 2.45) is 0 Å². The monoisotopic (exact) mass is 141 g/mol. The Bertz CT molecular complexity index is 170. The summed E-state index contributed by atoms with van der Waals surface area (Å²) in [5.41, 5.74) is 0.248. The van der Waals surface area contributed by atoms with Crippen molar-refractivity contribution in [2.45, 2.75) is 20.3 Å². The number of nitro groups is 1. The lowest BCUT2D eigenvalue weighted by Crippen LogP contribution is -1.95. The van der Waals surface area contributed by atoms with Crippen LogP contribution in [0.1, 0.15) is 20.3 Å². The highest BCUT2D eigenvalue weighted by atomic mass is 16.6. The molecule has 0 saturated carbocycles. The van der Waals surface area contributed by atoms with Gasteiger partial charge < -0.3 is 0 Å². The first-order chi connectivity index (χ1) is 4.72. The Hall–Kier alpha value is -1.12. The van der Waals surface area contributed by atoms with E-state index in [4.69, 9.17) is 0 Å². The number of nitrogens with zero attached hydrogens (tertiary/aromatic N) is 1. The van der Waals surface area contributed by atoms with Crippen LogP contribution in [0.15, 0.2) is 23.9 Å². The molecule has 56 valence electrons. The summed E-state index contributed by atoms with van der Waals surface area (Å²) < 4.78 is 0. The lowest BCUT2D eigenvalue weighted by molar-refractivity contribution is -0.427. The minimum atomic E-state index is -0.361. The van der Waals surface area contributed by atoms with Crippen molar-refractivity contribution in [1.82, 2.24) is 0 Å². The van der Waals surface area contributed by atoms with Crippen LogP contribution in [0.25, 0.3) is 0 Å². The normalized spacial score (nSPS) is 12.4. The predicted octanol–water partition coefficient (Wildman–Crippen LogP) is 2.13. The fourth-order valence-electron chi connectivity index (χ4n) is 0.515. The number of hydrogen-bond acceptors (Lipinski definition) is 2. The second kappa shape index (κ2) is 4.73. The topological polar surface area (TPSA) is 43.1 Å². The molecule has 0 fully saturated rings. The van der Waals surface area contributed by atoms with Crippen LogP contribution in [-0.2, 0) is 0 Å². The molecule has 0 aromatic carbocycles. The Morgan fingerprint density at radius 1 is 1.70 bits per heavy atom. The molecular formula is C7H11NO2. The molecule has 0 aliphatic rings. The minimum Gasteiger partial charge on any atom is -0.259 e. The van der Waals surface area contributed by atoms with Crippen LogP contribution < -0.4 is 0 Å². The maximum Gasteiger partial charge on any atom is 0.245 e. The Balaban J connectivity index is 4.18. The van der Waals surface area contributed by atoms with Crippen molar-refractivity contribution in [1.29, 1.82) is 0 Å². The Kier molecular flexibility index (Phi) is 4.20. The van der Waals surface area contributed by atoms with Gasteiger partial charge in [0, 0.05) is 12.5 Å². The van der Waals surface area contributed by atoms with E-state index >= 15 is 0 Å². The van der Waals surface area contributed by atoms with Crippen molar-refractivity contribution < 1.29 is 4.92 Å². The average molecular weight is 141 g/mol. The van der Waals surface area contributed by atoms with Crippen LogP contribution in [0.3, 0.4) is 0 Å². The van der Waals surface area contributed by atoms with E-state index in [2.05, 4.69) is 0 Å². The predicted molar refractivity (Wildman–Crippen MR) is 40.2 cm³/mol. The highest BCUT2D eigenvalue weighted by Gasteiger charge is 2.03. The van der Waals surface area contributed by atoms with Gasteiger partial charge in [-0.15, -0.1) is 0 Å². The molecule has 0 bridgehead atoms. The molecule has 0 N–H and O–H groups in total. The first-order valence-corrected chi connectivity index (χ1v) is 3.18. The van der Waals surface area contributed by atoms with Crippen LogP contribution in [0.5, 0.6) is 0 Å². The Morgan fingerprint density at radius 3 is 2.60 bits per heavy atom. The van der Waals surface area contributed by atoms with Crippen LogP contribution in [-0.4, -0.2) is 4.92 Å². The summed E-state index contributed by atoms with van der Waals surface area (Å²) in [7, 11) is 0. The van der Waals surface area contributed by atoms with Gasteiger partial charge in [0.25, 0.3) is 0 Å². The number of rotatable bonds is 3. The summed E-state index contributed by atoms with van der Waals surface area (Å²) in [6, 6.07) is 0. The quantitative estimate of drug-likeness (QED) is 0.343. The standard InChI is InChI=1S/C7H11NO2/c1-3-5-6-7(4-2)8(9)10/h3,5-6H,4H2,1-2H3/b5-3-,7-6+. The highest BCUT2D eigenvalue weighted by Crippen LogP contribution is 2.00. The molecule has 0 unspecified atom stereocenters. The van der Waals surface area contributed by atoms with Crippen LogP contribution >= 0.6 is 0 Å². The molecule has 0 amide bonds. The lowest BCUT2D eigenvalue weighted by Gasteiger charge is -1.88. The summed E-state index contributed by atoms with van der Waals surface area (Å²) in [5.74, 6) is 0. The van der Waals surface area contributed by atoms with Gasteiger partial charge in [0.15, 0.2) is 0 Å². The zero-order valence-corrected chi connectivity index (χ0v) is 6.20. The molecule has 0 atom stereocenters. The maximum absolute atomic E-state index is 10.1. The first kappa shape index (κ1) is 8.88. The molecule has 3 nitrogen and oxygen atoms in total. The van der Waals surface area contributed by atoms with Gasteiger partial charge in [0.05, 0.1) is 4.92 Å². The molecule has 0 aromatic rings. The van der Waals surface area contributed by atoms with Gasteiger partial charge in [0.1, 0.15) is 0 Å². The molecule has 3 heteroatoms. The van der Waals surface area contributed by atoms with E-state index in [1.807, 2.05) is 6.92 Å². The van der Waals surface area contributed by atoms with Crippen LogP contribution in [0.2, 0.25) is 0 Å². The third-order valence-electron chi connectivity index (χ3n) is 1.08. The van der Waals surface area contributed by atoms with Gasteiger partial charge in [-0.25, -0.2) is 0 Å². The molecule has 0 saturated heterocycles. The van der Waals surface area contributed by atoms with E-state index in [1.54, 1.807) is 19.1 Å². The number of allylic oxidation sites excluding steroid dienone is 4. The zero-order valence-electron chi connectivity index (χ0n) is 6.20. The fraction of sp³-hybridized carbons (Fsp3) is 0.429. The van der Waals surface area contributed by atoms with Crippen LogP contribution in [0, 0.1) is 10.1 Å². The van der Waals surface area contributed by atoms with E-state index in [-0.39, 0.29) is 10.6 Å². The molecular weight excluding hydrogens is 130 g/mol. The molecule has 0 heterocycles. The summed E-state index contributed by atoms with van der Waals surface area (Å²) in [5, 5.41) is 10.1. The van der Waals surface area contributed by atoms with Gasteiger partial charge >= 0.3 is 0 Å². The van der Waals surface area contributed by atoms with E-state index in [9.17, 15) is 10.1 Å². The SMILES string of the molecule is C/C=C\C=C(/CC)[N+](=O)[O-]. The third-order valence-corrected chi connectivity index (χ3v) is 1.08. The van der Waals surface area contributed by atoms with Gasteiger partial charge in [-0.2, -0.15) is 0 Å². The summed E-state index contributed by atoms with van der Waals surface area (Å²) in [6.07, 6.45) is 5.41. The van der Waals surface area contributed by atoms with Crippen molar-refractivity contribution in [2.75, 3.05) is 0 Å². The van der Waals surface area contributed by atoms with Crippen molar-refractivity contribution in [3.8, 4) is 0 Å². The third kappa shape index (κ3) is 3.02. The van der Waals surface area contributed by atoms with E-state index in [0.717, 1.165) is 0 Å². The highest BCUT2D eigenvalue weighted by molar-refractivity contribution is 5.05. The lowest BCUT2D eigenvalue weighted by atomic mass is 10.3. The smallest absolute Gasteiger partial charge is 0.245 e. The van der Waals surface area contributed by atoms with Crippen molar-refractivity contribution >= 4 is 0 Å². The molecule has 0 spiro atoms. The zero-order chi connectivity index (χ0) is 7.98. The minimum absolute atomic E-state index is 0.248. The van der Waals surface area contributed by atoms with Gasteiger partial charge in [-0.3, -0.25) is 10.1 Å². The molecule has 0 radical (unpaired) electrons. The molecule has 0 aliphatic heterocycles. The van der Waals surface area contributed by atoms with E-state index < -0.39 is 0 Å². The summed E-state index contributed by atoms with van der Waals surface area (Å²) in [6.45, 7) is 3.59. The fourth-order valence-corrected chi connectivity index (χ4v) is 0.515.